The van der Waals surface area contributed by atoms with Crippen molar-refractivity contribution in [3.05, 3.63) is 29.8 Å². The van der Waals surface area contributed by atoms with Gasteiger partial charge in [0.25, 0.3) is 0 Å². The van der Waals surface area contributed by atoms with Crippen LogP contribution in [-0.2, 0) is 6.42 Å². The van der Waals surface area contributed by atoms with Crippen molar-refractivity contribution >= 4 is 0 Å². The van der Waals surface area contributed by atoms with Gasteiger partial charge in [0.1, 0.15) is 5.75 Å². The van der Waals surface area contributed by atoms with Crippen molar-refractivity contribution in [1.82, 2.24) is 5.32 Å². The Morgan fingerprint density at radius 1 is 1.00 bits per heavy atom. The molecule has 0 saturated carbocycles. The standard InChI is InChI=1S/C16H27NO/c1-3-12-17-13-8-5-9-14-18-16-11-7-6-10-15(16)4-2/h6-7,10-11,17H,3-5,8-9,12-14H2,1-2H3. The van der Waals surface area contributed by atoms with Gasteiger partial charge >= 0.3 is 0 Å². The second kappa shape index (κ2) is 9.95. The molecule has 0 aromatic heterocycles. The maximum absolute atomic E-state index is 5.84. The summed E-state index contributed by atoms with van der Waals surface area (Å²) in [6.07, 6.45) is 5.89. The summed E-state index contributed by atoms with van der Waals surface area (Å²) >= 11 is 0. The number of hydrogen-bond acceptors (Lipinski definition) is 2. The van der Waals surface area contributed by atoms with E-state index in [0.717, 1.165) is 38.3 Å². The predicted molar refractivity (Wildman–Crippen MR) is 78.3 cm³/mol. The van der Waals surface area contributed by atoms with E-state index in [0.29, 0.717) is 0 Å². The molecular formula is C16H27NO. The van der Waals surface area contributed by atoms with E-state index < -0.39 is 0 Å². The van der Waals surface area contributed by atoms with Crippen LogP contribution in [0.1, 0.15) is 45.1 Å². The fourth-order valence-electron chi connectivity index (χ4n) is 1.95. The molecule has 18 heavy (non-hydrogen) atoms. The zero-order valence-electron chi connectivity index (χ0n) is 11.9. The van der Waals surface area contributed by atoms with Gasteiger partial charge in [0.15, 0.2) is 0 Å². The highest BCUT2D eigenvalue weighted by molar-refractivity contribution is 5.33. The molecule has 0 spiro atoms. The third kappa shape index (κ3) is 6.06. The van der Waals surface area contributed by atoms with Crippen LogP contribution in [0.15, 0.2) is 24.3 Å². The average molecular weight is 249 g/mol. The van der Waals surface area contributed by atoms with Crippen molar-refractivity contribution in [2.24, 2.45) is 0 Å². The van der Waals surface area contributed by atoms with Gasteiger partial charge in [-0.3, -0.25) is 0 Å². The molecule has 0 fully saturated rings. The Morgan fingerprint density at radius 2 is 1.83 bits per heavy atom. The lowest BCUT2D eigenvalue weighted by Gasteiger charge is -2.10. The second-order valence-corrected chi connectivity index (χ2v) is 4.62. The summed E-state index contributed by atoms with van der Waals surface area (Å²) in [6.45, 7) is 7.48. The van der Waals surface area contributed by atoms with Crippen molar-refractivity contribution in [2.75, 3.05) is 19.7 Å². The fraction of sp³-hybridized carbons (Fsp3) is 0.625. The van der Waals surface area contributed by atoms with Crippen LogP contribution >= 0.6 is 0 Å². The predicted octanol–water partition coefficient (Wildman–Crippen LogP) is 3.80. The van der Waals surface area contributed by atoms with Gasteiger partial charge < -0.3 is 10.1 Å². The Morgan fingerprint density at radius 3 is 2.61 bits per heavy atom. The molecule has 0 aliphatic rings. The van der Waals surface area contributed by atoms with Crippen LogP contribution in [0.25, 0.3) is 0 Å². The van der Waals surface area contributed by atoms with Crippen LogP contribution in [0.4, 0.5) is 0 Å². The molecule has 1 aromatic carbocycles. The Kier molecular flexibility index (Phi) is 8.32. The Bertz CT molecular complexity index is 312. The van der Waals surface area contributed by atoms with E-state index >= 15 is 0 Å². The molecule has 0 atom stereocenters. The first-order valence-corrected chi connectivity index (χ1v) is 7.30. The van der Waals surface area contributed by atoms with Gasteiger partial charge in [-0.15, -0.1) is 0 Å². The quantitative estimate of drug-likeness (QED) is 0.637. The highest BCUT2D eigenvalue weighted by Crippen LogP contribution is 2.18. The molecule has 2 nitrogen and oxygen atoms in total. The maximum atomic E-state index is 5.84. The monoisotopic (exact) mass is 249 g/mol. The van der Waals surface area contributed by atoms with Gasteiger partial charge in [-0.25, -0.2) is 0 Å². The number of aryl methyl sites for hydroxylation is 1. The SMILES string of the molecule is CCCNCCCCCOc1ccccc1CC. The Labute approximate surface area is 112 Å². The summed E-state index contributed by atoms with van der Waals surface area (Å²) in [7, 11) is 0. The molecule has 1 aromatic rings. The van der Waals surface area contributed by atoms with E-state index in [9.17, 15) is 0 Å². The number of benzene rings is 1. The van der Waals surface area contributed by atoms with Crippen molar-refractivity contribution in [2.45, 2.75) is 46.0 Å². The van der Waals surface area contributed by atoms with Crippen molar-refractivity contribution in [3.8, 4) is 5.75 Å². The Hall–Kier alpha value is -1.02. The summed E-state index contributed by atoms with van der Waals surface area (Å²) < 4.78 is 5.84. The van der Waals surface area contributed by atoms with Crippen LogP contribution in [0.2, 0.25) is 0 Å². The summed E-state index contributed by atoms with van der Waals surface area (Å²) in [5, 5.41) is 3.42. The lowest BCUT2D eigenvalue weighted by molar-refractivity contribution is 0.302. The topological polar surface area (TPSA) is 21.3 Å². The van der Waals surface area contributed by atoms with Crippen LogP contribution in [0.5, 0.6) is 5.75 Å². The van der Waals surface area contributed by atoms with E-state index in [4.69, 9.17) is 4.74 Å². The second-order valence-electron chi connectivity index (χ2n) is 4.62. The van der Waals surface area contributed by atoms with E-state index in [1.54, 1.807) is 0 Å². The molecule has 0 radical (unpaired) electrons. The number of ether oxygens (including phenoxy) is 1. The molecule has 2 heteroatoms. The largest absolute Gasteiger partial charge is 0.493 e. The summed E-state index contributed by atoms with van der Waals surface area (Å²) in [5.74, 6) is 1.06. The summed E-state index contributed by atoms with van der Waals surface area (Å²) in [5.41, 5.74) is 1.31. The molecule has 0 unspecified atom stereocenters. The highest BCUT2D eigenvalue weighted by atomic mass is 16.5. The summed E-state index contributed by atoms with van der Waals surface area (Å²) in [6, 6.07) is 8.33. The van der Waals surface area contributed by atoms with Gasteiger partial charge in [0.05, 0.1) is 6.61 Å². The minimum Gasteiger partial charge on any atom is -0.493 e. The molecule has 102 valence electrons. The minimum atomic E-state index is 0.838. The number of rotatable bonds is 10. The molecule has 0 amide bonds. The van der Waals surface area contributed by atoms with Crippen LogP contribution in [0, 0.1) is 0 Å². The van der Waals surface area contributed by atoms with E-state index in [1.165, 1.54) is 24.8 Å². The van der Waals surface area contributed by atoms with E-state index in [1.807, 2.05) is 6.07 Å². The van der Waals surface area contributed by atoms with Crippen molar-refractivity contribution < 1.29 is 4.74 Å². The van der Waals surface area contributed by atoms with Crippen LogP contribution < -0.4 is 10.1 Å². The zero-order valence-corrected chi connectivity index (χ0v) is 11.9. The van der Waals surface area contributed by atoms with Crippen molar-refractivity contribution in [1.29, 1.82) is 0 Å². The number of hydrogen-bond donors (Lipinski definition) is 1. The van der Waals surface area contributed by atoms with Crippen LogP contribution in [-0.4, -0.2) is 19.7 Å². The van der Waals surface area contributed by atoms with Gasteiger partial charge in [-0.1, -0.05) is 32.0 Å². The molecule has 0 saturated heterocycles. The zero-order chi connectivity index (χ0) is 13.1. The molecular weight excluding hydrogens is 222 g/mol. The average Bonchev–Trinajstić information content (AvgIpc) is 2.42. The first kappa shape index (κ1) is 15.0. The first-order valence-electron chi connectivity index (χ1n) is 7.30. The lowest BCUT2D eigenvalue weighted by Crippen LogP contribution is -2.15. The maximum Gasteiger partial charge on any atom is 0.122 e. The minimum absolute atomic E-state index is 0.838. The van der Waals surface area contributed by atoms with Crippen LogP contribution in [0.3, 0.4) is 0 Å². The highest BCUT2D eigenvalue weighted by Gasteiger charge is 1.99. The fourth-order valence-corrected chi connectivity index (χ4v) is 1.95. The summed E-state index contributed by atoms with van der Waals surface area (Å²) in [4.78, 5) is 0. The third-order valence-corrected chi connectivity index (χ3v) is 3.04. The number of para-hydroxylation sites is 1. The van der Waals surface area contributed by atoms with Gasteiger partial charge in [-0.2, -0.15) is 0 Å². The molecule has 0 bridgehead atoms. The molecule has 1 N–H and O–H groups in total. The number of unbranched alkanes of at least 4 members (excludes halogenated alkanes) is 2. The Balaban J connectivity index is 2.07. The molecule has 0 aliphatic heterocycles. The smallest absolute Gasteiger partial charge is 0.122 e. The van der Waals surface area contributed by atoms with Gasteiger partial charge in [0, 0.05) is 0 Å². The van der Waals surface area contributed by atoms with Gasteiger partial charge in [0.2, 0.25) is 0 Å². The molecule has 1 rings (SSSR count). The normalized spacial score (nSPS) is 10.6. The third-order valence-electron chi connectivity index (χ3n) is 3.04. The van der Waals surface area contributed by atoms with E-state index in [-0.39, 0.29) is 0 Å². The van der Waals surface area contributed by atoms with E-state index in [2.05, 4.69) is 37.4 Å². The molecule has 0 heterocycles. The first-order chi connectivity index (χ1) is 8.88. The molecule has 0 aliphatic carbocycles. The van der Waals surface area contributed by atoms with Crippen molar-refractivity contribution in [3.63, 3.8) is 0 Å². The number of nitrogens with one attached hydrogen (secondary N) is 1. The van der Waals surface area contributed by atoms with Gasteiger partial charge in [-0.05, 0) is 56.8 Å². The lowest BCUT2D eigenvalue weighted by atomic mass is 10.1.